The fourth-order valence-electron chi connectivity index (χ4n) is 1.72. The van der Waals surface area contributed by atoms with Crippen LogP contribution >= 0.6 is 0 Å². The zero-order valence-electron chi connectivity index (χ0n) is 9.78. The van der Waals surface area contributed by atoms with Crippen molar-refractivity contribution in [3.63, 3.8) is 0 Å². The number of carbonyl (C=O) groups excluding carboxylic acids is 1. The highest BCUT2D eigenvalue weighted by atomic mass is 19.1. The molecular weight excluding hydrogens is 236 g/mol. The molecule has 0 fully saturated rings. The first kappa shape index (κ1) is 12.4. The van der Waals surface area contributed by atoms with Gasteiger partial charge >= 0.3 is 0 Å². The van der Waals surface area contributed by atoms with Crippen LogP contribution in [0.25, 0.3) is 0 Å². The maximum Gasteiger partial charge on any atom is 0.167 e. The lowest BCUT2D eigenvalue weighted by molar-refractivity contribution is 0.0992. The summed E-state index contributed by atoms with van der Waals surface area (Å²) in [5.41, 5.74) is 1.55. The van der Waals surface area contributed by atoms with Crippen LogP contribution in [-0.2, 0) is 6.42 Å². The zero-order valence-corrected chi connectivity index (χ0v) is 9.78. The number of hydrogen-bond donors (Lipinski definition) is 0. The minimum atomic E-state index is -0.677. The smallest absolute Gasteiger partial charge is 0.167 e. The molecule has 0 atom stereocenters. The van der Waals surface area contributed by atoms with Gasteiger partial charge in [0.1, 0.15) is 11.6 Å². The molecule has 0 aliphatic heterocycles. The van der Waals surface area contributed by atoms with Gasteiger partial charge in [-0.25, -0.2) is 8.78 Å². The molecule has 0 amide bonds. The van der Waals surface area contributed by atoms with Crippen molar-refractivity contribution in [2.45, 2.75) is 13.3 Å². The third-order valence-electron chi connectivity index (χ3n) is 2.51. The highest BCUT2D eigenvalue weighted by Crippen LogP contribution is 2.12. The number of pyridine rings is 1. The molecule has 0 aliphatic rings. The Morgan fingerprint density at radius 3 is 2.44 bits per heavy atom. The molecule has 0 radical (unpaired) electrons. The molecular formula is C14H11F2NO. The molecule has 0 saturated heterocycles. The van der Waals surface area contributed by atoms with Gasteiger partial charge in [0.2, 0.25) is 0 Å². The monoisotopic (exact) mass is 247 g/mol. The van der Waals surface area contributed by atoms with Gasteiger partial charge in [-0.3, -0.25) is 9.78 Å². The molecule has 0 spiro atoms. The van der Waals surface area contributed by atoms with E-state index in [1.54, 1.807) is 19.1 Å². The van der Waals surface area contributed by atoms with Crippen molar-refractivity contribution in [1.82, 2.24) is 4.98 Å². The van der Waals surface area contributed by atoms with E-state index < -0.39 is 11.6 Å². The van der Waals surface area contributed by atoms with Crippen molar-refractivity contribution in [2.24, 2.45) is 0 Å². The van der Waals surface area contributed by atoms with E-state index in [1.165, 1.54) is 6.20 Å². The topological polar surface area (TPSA) is 30.0 Å². The Bertz CT molecular complexity index is 576. The van der Waals surface area contributed by atoms with E-state index >= 15 is 0 Å². The molecule has 0 aliphatic carbocycles. The molecule has 1 aromatic heterocycles. The maximum absolute atomic E-state index is 13.0. The summed E-state index contributed by atoms with van der Waals surface area (Å²) in [6, 6.07) is 6.34. The van der Waals surface area contributed by atoms with E-state index in [1.807, 2.05) is 0 Å². The van der Waals surface area contributed by atoms with Gasteiger partial charge in [0, 0.05) is 29.9 Å². The molecule has 1 heterocycles. The van der Waals surface area contributed by atoms with E-state index in [9.17, 15) is 13.6 Å². The van der Waals surface area contributed by atoms with Crippen LogP contribution in [0.15, 0.2) is 36.5 Å². The largest absolute Gasteiger partial charge is 0.294 e. The highest BCUT2D eigenvalue weighted by Gasteiger charge is 2.09. The van der Waals surface area contributed by atoms with Crippen molar-refractivity contribution in [1.29, 1.82) is 0 Å². The van der Waals surface area contributed by atoms with E-state index in [2.05, 4.69) is 4.98 Å². The predicted molar refractivity (Wildman–Crippen MR) is 63.4 cm³/mol. The number of rotatable bonds is 3. The van der Waals surface area contributed by atoms with Crippen LogP contribution in [0.5, 0.6) is 0 Å². The fourth-order valence-corrected chi connectivity index (χ4v) is 1.72. The number of nitrogens with zero attached hydrogens (tertiary/aromatic N) is 1. The molecule has 0 unspecified atom stereocenters. The molecule has 0 N–H and O–H groups in total. The molecule has 1 aromatic carbocycles. The van der Waals surface area contributed by atoms with Gasteiger partial charge < -0.3 is 0 Å². The molecule has 18 heavy (non-hydrogen) atoms. The van der Waals surface area contributed by atoms with Crippen LogP contribution < -0.4 is 0 Å². The lowest BCUT2D eigenvalue weighted by Crippen LogP contribution is -2.05. The Morgan fingerprint density at radius 1 is 1.17 bits per heavy atom. The molecule has 0 bridgehead atoms. The summed E-state index contributed by atoms with van der Waals surface area (Å²) in [6.07, 6.45) is 1.51. The Hall–Kier alpha value is -2.10. The average Bonchev–Trinajstić information content (AvgIpc) is 2.27. The summed E-state index contributed by atoms with van der Waals surface area (Å²) in [5, 5.41) is 0. The summed E-state index contributed by atoms with van der Waals surface area (Å²) >= 11 is 0. The van der Waals surface area contributed by atoms with Crippen LogP contribution in [-0.4, -0.2) is 10.8 Å². The van der Waals surface area contributed by atoms with E-state index in [4.69, 9.17) is 0 Å². The number of halogens is 2. The van der Waals surface area contributed by atoms with E-state index in [-0.39, 0.29) is 12.2 Å². The van der Waals surface area contributed by atoms with Crippen molar-refractivity contribution in [2.75, 3.05) is 0 Å². The van der Waals surface area contributed by atoms with Gasteiger partial charge in [-0.15, -0.1) is 0 Å². The summed E-state index contributed by atoms with van der Waals surface area (Å²) in [7, 11) is 0. The number of aromatic nitrogens is 1. The van der Waals surface area contributed by atoms with Crippen molar-refractivity contribution in [3.8, 4) is 0 Å². The lowest BCUT2D eigenvalue weighted by Gasteiger charge is -2.03. The zero-order chi connectivity index (χ0) is 13.1. The number of ketones is 1. The standard InChI is InChI=1S/C14H11F2NO/c1-9-4-11(2-3-17-9)14(18)7-10-5-12(15)8-13(16)6-10/h2-6,8H,7H2,1H3. The van der Waals surface area contributed by atoms with Crippen molar-refractivity contribution < 1.29 is 13.6 Å². The van der Waals surface area contributed by atoms with E-state index in [0.29, 0.717) is 11.1 Å². The van der Waals surface area contributed by atoms with Gasteiger partial charge in [-0.2, -0.15) is 0 Å². The SMILES string of the molecule is Cc1cc(C(=O)Cc2cc(F)cc(F)c2)ccn1. The van der Waals surface area contributed by atoms with Crippen LogP contribution in [0.3, 0.4) is 0 Å². The van der Waals surface area contributed by atoms with E-state index in [0.717, 1.165) is 23.9 Å². The number of hydrogen-bond acceptors (Lipinski definition) is 2. The second-order valence-electron chi connectivity index (χ2n) is 4.06. The first-order valence-electron chi connectivity index (χ1n) is 5.45. The minimum Gasteiger partial charge on any atom is -0.294 e. The number of benzene rings is 1. The number of aryl methyl sites for hydroxylation is 1. The van der Waals surface area contributed by atoms with Gasteiger partial charge in [0.05, 0.1) is 0 Å². The highest BCUT2D eigenvalue weighted by molar-refractivity contribution is 5.97. The Morgan fingerprint density at radius 2 is 1.83 bits per heavy atom. The van der Waals surface area contributed by atoms with Crippen LogP contribution in [0.2, 0.25) is 0 Å². The summed E-state index contributed by atoms with van der Waals surface area (Å²) < 4.78 is 26.0. The predicted octanol–water partition coefficient (Wildman–Crippen LogP) is 3.09. The first-order chi connectivity index (χ1) is 8.54. The molecule has 0 saturated carbocycles. The average molecular weight is 247 g/mol. The first-order valence-corrected chi connectivity index (χ1v) is 5.45. The molecule has 2 nitrogen and oxygen atoms in total. The van der Waals surface area contributed by atoms with Crippen molar-refractivity contribution in [3.05, 3.63) is 65.0 Å². The molecule has 2 aromatic rings. The summed E-state index contributed by atoms with van der Waals surface area (Å²) in [4.78, 5) is 15.9. The van der Waals surface area contributed by atoms with Crippen LogP contribution in [0.1, 0.15) is 21.6 Å². The second kappa shape index (κ2) is 5.04. The van der Waals surface area contributed by atoms with Gasteiger partial charge in [-0.1, -0.05) is 0 Å². The normalized spacial score (nSPS) is 10.4. The maximum atomic E-state index is 13.0. The Kier molecular flexibility index (Phi) is 3.46. The fraction of sp³-hybridized carbons (Fsp3) is 0.143. The lowest BCUT2D eigenvalue weighted by atomic mass is 10.0. The minimum absolute atomic E-state index is 0.0296. The Labute approximate surface area is 103 Å². The number of carbonyl (C=O) groups is 1. The van der Waals surface area contributed by atoms with Crippen LogP contribution in [0, 0.1) is 18.6 Å². The second-order valence-corrected chi connectivity index (χ2v) is 4.06. The summed E-state index contributed by atoms with van der Waals surface area (Å²) in [6.45, 7) is 1.78. The van der Waals surface area contributed by atoms with Gasteiger partial charge in [-0.05, 0) is 36.8 Å². The molecule has 4 heteroatoms. The molecule has 92 valence electrons. The molecule has 2 rings (SSSR count). The van der Waals surface area contributed by atoms with Crippen LogP contribution in [0.4, 0.5) is 8.78 Å². The van der Waals surface area contributed by atoms with Gasteiger partial charge in [0.15, 0.2) is 5.78 Å². The van der Waals surface area contributed by atoms with Crippen molar-refractivity contribution >= 4 is 5.78 Å². The number of Topliss-reactive ketones (excluding diaryl/α,β-unsaturated/α-hetero) is 1. The third kappa shape index (κ3) is 2.97. The quantitative estimate of drug-likeness (QED) is 0.780. The van der Waals surface area contributed by atoms with Gasteiger partial charge in [0.25, 0.3) is 0 Å². The summed E-state index contributed by atoms with van der Waals surface area (Å²) in [5.74, 6) is -1.54. The third-order valence-corrected chi connectivity index (χ3v) is 2.51. The Balaban J connectivity index is 2.21.